The number of anilines is 1. The lowest BCUT2D eigenvalue weighted by atomic mass is 10.2. The van der Waals surface area contributed by atoms with Crippen molar-refractivity contribution in [2.75, 3.05) is 31.6 Å². The van der Waals surface area contributed by atoms with Crippen LogP contribution in [-0.2, 0) is 14.8 Å². The second-order valence-electron chi connectivity index (χ2n) is 6.08. The number of halogens is 2. The number of nitrogens with one attached hydrogen (secondary N) is 1. The molecule has 2 aromatic carbocycles. The molecule has 9 heteroatoms. The Bertz CT molecular complexity index is 975. The largest absolute Gasteiger partial charge is 0.379 e. The van der Waals surface area contributed by atoms with Crippen molar-refractivity contribution < 1.29 is 22.3 Å². The van der Waals surface area contributed by atoms with Crippen molar-refractivity contribution in [3.8, 4) is 0 Å². The molecule has 3 rings (SSSR count). The van der Waals surface area contributed by atoms with Gasteiger partial charge in [0, 0.05) is 23.2 Å². The molecule has 0 bridgehead atoms. The van der Waals surface area contributed by atoms with Gasteiger partial charge in [-0.3, -0.25) is 4.79 Å². The van der Waals surface area contributed by atoms with E-state index in [1.807, 2.05) is 6.92 Å². The van der Waals surface area contributed by atoms with Gasteiger partial charge in [0.2, 0.25) is 10.0 Å². The summed E-state index contributed by atoms with van der Waals surface area (Å²) in [5.74, 6) is -1.51. The van der Waals surface area contributed by atoms with E-state index in [4.69, 9.17) is 4.74 Å². The summed E-state index contributed by atoms with van der Waals surface area (Å²) in [5, 5.41) is 2.59. The van der Waals surface area contributed by atoms with Crippen molar-refractivity contribution in [3.63, 3.8) is 0 Å². The number of amides is 1. The van der Waals surface area contributed by atoms with E-state index in [0.717, 1.165) is 22.2 Å². The molecule has 0 saturated carbocycles. The molecule has 1 fully saturated rings. The quantitative estimate of drug-likeness (QED) is 0.766. The van der Waals surface area contributed by atoms with Crippen molar-refractivity contribution in [1.29, 1.82) is 0 Å². The normalized spacial score (nSPS) is 15.5. The number of nitrogens with zero attached hydrogens (tertiary/aromatic N) is 1. The van der Waals surface area contributed by atoms with E-state index in [0.29, 0.717) is 18.9 Å². The van der Waals surface area contributed by atoms with Gasteiger partial charge < -0.3 is 10.1 Å². The van der Waals surface area contributed by atoms with Crippen molar-refractivity contribution >= 4 is 37.5 Å². The Balaban J connectivity index is 1.88. The minimum absolute atomic E-state index is 0.124. The molecule has 2 aromatic rings. The summed E-state index contributed by atoms with van der Waals surface area (Å²) in [4.78, 5) is 12.4. The smallest absolute Gasteiger partial charge is 0.258 e. The van der Waals surface area contributed by atoms with E-state index in [-0.39, 0.29) is 23.5 Å². The van der Waals surface area contributed by atoms with Crippen LogP contribution >= 0.6 is 15.9 Å². The van der Waals surface area contributed by atoms with Crippen LogP contribution in [0.4, 0.5) is 10.1 Å². The number of benzene rings is 2. The van der Waals surface area contributed by atoms with E-state index in [1.54, 1.807) is 18.2 Å². The maximum atomic E-state index is 14.2. The number of hydrogen-bond donors (Lipinski definition) is 1. The van der Waals surface area contributed by atoms with Crippen LogP contribution in [0, 0.1) is 12.7 Å². The predicted molar refractivity (Wildman–Crippen MR) is 103 cm³/mol. The topological polar surface area (TPSA) is 75.7 Å². The third kappa shape index (κ3) is 4.37. The molecule has 0 atom stereocenters. The molecular weight excluding hydrogens is 439 g/mol. The number of aryl methyl sites for hydroxylation is 1. The molecule has 1 aliphatic heterocycles. The maximum Gasteiger partial charge on any atom is 0.258 e. The number of carbonyl (C=O) groups is 1. The van der Waals surface area contributed by atoms with Crippen LogP contribution in [0.1, 0.15) is 15.9 Å². The third-order valence-electron chi connectivity index (χ3n) is 4.22. The van der Waals surface area contributed by atoms with Gasteiger partial charge >= 0.3 is 0 Å². The van der Waals surface area contributed by atoms with Gasteiger partial charge in [0.1, 0.15) is 5.82 Å². The third-order valence-corrected chi connectivity index (χ3v) is 6.97. The lowest BCUT2D eigenvalue weighted by molar-refractivity contribution is 0.0730. The average Bonchev–Trinajstić information content (AvgIpc) is 2.65. The lowest BCUT2D eigenvalue weighted by Gasteiger charge is -2.26. The Kier molecular flexibility index (Phi) is 5.95. The van der Waals surface area contributed by atoms with Crippen molar-refractivity contribution in [2.24, 2.45) is 0 Å². The molecule has 27 heavy (non-hydrogen) atoms. The van der Waals surface area contributed by atoms with Crippen LogP contribution in [0.2, 0.25) is 0 Å². The zero-order chi connectivity index (χ0) is 19.6. The number of hydrogen-bond acceptors (Lipinski definition) is 4. The van der Waals surface area contributed by atoms with Crippen LogP contribution in [-0.4, -0.2) is 44.9 Å². The SMILES string of the molecule is Cc1ccc(NC(=O)c2cc(S(=O)(=O)N3CCOCC3)ccc2F)cc1Br. The first kappa shape index (κ1) is 19.9. The van der Waals surface area contributed by atoms with E-state index in [9.17, 15) is 17.6 Å². The Morgan fingerprint density at radius 3 is 2.56 bits per heavy atom. The highest BCUT2D eigenvalue weighted by Gasteiger charge is 2.28. The minimum Gasteiger partial charge on any atom is -0.379 e. The van der Waals surface area contributed by atoms with E-state index < -0.39 is 21.7 Å². The predicted octanol–water partition coefficient (Wildman–Crippen LogP) is 3.17. The van der Waals surface area contributed by atoms with Gasteiger partial charge in [-0.05, 0) is 42.8 Å². The Hall–Kier alpha value is -1.81. The first-order chi connectivity index (χ1) is 12.8. The Morgan fingerprint density at radius 2 is 1.89 bits per heavy atom. The average molecular weight is 457 g/mol. The highest BCUT2D eigenvalue weighted by Crippen LogP contribution is 2.23. The summed E-state index contributed by atoms with van der Waals surface area (Å²) in [6, 6.07) is 8.41. The molecule has 0 aromatic heterocycles. The summed E-state index contributed by atoms with van der Waals surface area (Å²) in [5.41, 5.74) is 1.12. The zero-order valence-corrected chi connectivity index (χ0v) is 16.9. The second-order valence-corrected chi connectivity index (χ2v) is 8.87. The minimum atomic E-state index is -3.82. The summed E-state index contributed by atoms with van der Waals surface area (Å²) in [6.07, 6.45) is 0. The van der Waals surface area contributed by atoms with Crippen LogP contribution in [0.25, 0.3) is 0 Å². The van der Waals surface area contributed by atoms with Crippen LogP contribution in [0.15, 0.2) is 45.8 Å². The molecule has 1 N–H and O–H groups in total. The van der Waals surface area contributed by atoms with Crippen LogP contribution in [0.5, 0.6) is 0 Å². The molecule has 0 radical (unpaired) electrons. The first-order valence-electron chi connectivity index (χ1n) is 8.24. The van der Waals surface area contributed by atoms with Gasteiger partial charge in [0.25, 0.3) is 5.91 Å². The molecule has 0 unspecified atom stereocenters. The molecule has 1 saturated heterocycles. The molecule has 6 nitrogen and oxygen atoms in total. The fourth-order valence-electron chi connectivity index (χ4n) is 2.64. The number of carbonyl (C=O) groups excluding carboxylic acids is 1. The first-order valence-corrected chi connectivity index (χ1v) is 10.5. The molecule has 0 spiro atoms. The fourth-order valence-corrected chi connectivity index (χ4v) is 4.46. The Labute approximate surface area is 165 Å². The van der Waals surface area contributed by atoms with Crippen molar-refractivity contribution in [3.05, 3.63) is 57.8 Å². The lowest BCUT2D eigenvalue weighted by Crippen LogP contribution is -2.40. The second kappa shape index (κ2) is 8.05. The van der Waals surface area contributed by atoms with Crippen LogP contribution < -0.4 is 5.32 Å². The van der Waals surface area contributed by atoms with Gasteiger partial charge in [-0.25, -0.2) is 12.8 Å². The molecular formula is C18H18BrFN2O4S. The summed E-state index contributed by atoms with van der Waals surface area (Å²) in [6.45, 7) is 2.94. The molecule has 144 valence electrons. The standard InChI is InChI=1S/C18H18BrFN2O4S/c1-12-2-3-13(10-16(12)19)21-18(23)15-11-14(4-5-17(15)20)27(24,25)22-6-8-26-9-7-22/h2-5,10-11H,6-9H2,1H3,(H,21,23). The highest BCUT2D eigenvalue weighted by molar-refractivity contribution is 9.10. The molecule has 1 aliphatic rings. The van der Waals surface area contributed by atoms with Gasteiger partial charge in [0.15, 0.2) is 0 Å². The summed E-state index contributed by atoms with van der Waals surface area (Å²) < 4.78 is 46.9. The maximum absolute atomic E-state index is 14.2. The van der Waals surface area contributed by atoms with Gasteiger partial charge in [-0.15, -0.1) is 0 Å². The summed E-state index contributed by atoms with van der Waals surface area (Å²) >= 11 is 3.37. The van der Waals surface area contributed by atoms with E-state index in [1.165, 1.54) is 10.4 Å². The van der Waals surface area contributed by atoms with Crippen molar-refractivity contribution in [2.45, 2.75) is 11.8 Å². The number of morpholine rings is 1. The molecule has 1 amide bonds. The summed E-state index contributed by atoms with van der Waals surface area (Å²) in [7, 11) is -3.82. The van der Waals surface area contributed by atoms with Crippen molar-refractivity contribution in [1.82, 2.24) is 4.31 Å². The van der Waals surface area contributed by atoms with E-state index in [2.05, 4.69) is 21.2 Å². The fraction of sp³-hybridized carbons (Fsp3) is 0.278. The zero-order valence-electron chi connectivity index (χ0n) is 14.5. The van der Waals surface area contributed by atoms with Gasteiger partial charge in [-0.2, -0.15) is 4.31 Å². The number of ether oxygens (including phenoxy) is 1. The Morgan fingerprint density at radius 1 is 1.19 bits per heavy atom. The monoisotopic (exact) mass is 456 g/mol. The van der Waals surface area contributed by atoms with Gasteiger partial charge in [0.05, 0.1) is 23.7 Å². The molecule has 0 aliphatic carbocycles. The highest BCUT2D eigenvalue weighted by atomic mass is 79.9. The number of sulfonamides is 1. The van der Waals surface area contributed by atoms with E-state index >= 15 is 0 Å². The van der Waals surface area contributed by atoms with Crippen LogP contribution in [0.3, 0.4) is 0 Å². The molecule has 1 heterocycles. The van der Waals surface area contributed by atoms with Gasteiger partial charge in [-0.1, -0.05) is 22.0 Å². The number of rotatable bonds is 4.